The normalized spacial score (nSPS) is 19.4. The van der Waals surface area contributed by atoms with Crippen LogP contribution in [0.2, 0.25) is 0 Å². The van der Waals surface area contributed by atoms with Gasteiger partial charge in [-0.15, -0.1) is 0 Å². The van der Waals surface area contributed by atoms with Crippen molar-refractivity contribution in [1.29, 1.82) is 0 Å². The molecule has 8 heteroatoms. The Hall–Kier alpha value is -1.80. The van der Waals surface area contributed by atoms with E-state index in [1.807, 2.05) is 4.90 Å². The van der Waals surface area contributed by atoms with Crippen molar-refractivity contribution in [3.8, 4) is 11.5 Å². The summed E-state index contributed by atoms with van der Waals surface area (Å²) in [6.45, 7) is 4.53. The van der Waals surface area contributed by atoms with E-state index in [0.717, 1.165) is 51.1 Å². The van der Waals surface area contributed by atoms with E-state index < -0.39 is 10.0 Å². The summed E-state index contributed by atoms with van der Waals surface area (Å²) in [6.07, 6.45) is 7.57. The van der Waals surface area contributed by atoms with Gasteiger partial charge >= 0.3 is 0 Å². The fourth-order valence-corrected chi connectivity index (χ4v) is 6.44. The second-order valence-electron chi connectivity index (χ2n) is 8.74. The quantitative estimate of drug-likeness (QED) is 0.603. The summed E-state index contributed by atoms with van der Waals surface area (Å²) in [6, 6.07) is 4.88. The number of sulfonamides is 1. The van der Waals surface area contributed by atoms with E-state index in [9.17, 15) is 13.2 Å². The average Bonchev–Trinajstić information content (AvgIpc) is 2.79. The number of carbonyl (C=O) groups is 1. The highest BCUT2D eigenvalue weighted by Gasteiger charge is 2.32. The van der Waals surface area contributed by atoms with Crippen molar-refractivity contribution in [2.24, 2.45) is 11.8 Å². The molecule has 1 aromatic carbocycles. The number of hydrogen-bond donors (Lipinski definition) is 0. The van der Waals surface area contributed by atoms with Gasteiger partial charge in [0.05, 0.1) is 14.2 Å². The fourth-order valence-electron chi connectivity index (χ4n) is 4.79. The Morgan fingerprint density at radius 2 is 1.55 bits per heavy atom. The van der Waals surface area contributed by atoms with Crippen LogP contribution in [0.25, 0.3) is 0 Å². The highest BCUT2D eigenvalue weighted by Crippen LogP contribution is 2.34. The molecule has 174 valence electrons. The molecule has 2 fully saturated rings. The zero-order valence-electron chi connectivity index (χ0n) is 19.0. The molecule has 0 N–H and O–H groups in total. The van der Waals surface area contributed by atoms with Crippen LogP contribution in [0.5, 0.6) is 11.5 Å². The molecular weight excluding hydrogens is 416 g/mol. The molecule has 31 heavy (non-hydrogen) atoms. The second-order valence-corrected chi connectivity index (χ2v) is 10.7. The van der Waals surface area contributed by atoms with Crippen molar-refractivity contribution in [3.63, 3.8) is 0 Å². The zero-order valence-corrected chi connectivity index (χ0v) is 19.8. The molecule has 2 saturated heterocycles. The van der Waals surface area contributed by atoms with E-state index in [4.69, 9.17) is 9.47 Å². The van der Waals surface area contributed by atoms with E-state index in [2.05, 4.69) is 0 Å². The lowest BCUT2D eigenvalue weighted by atomic mass is 9.87. The molecule has 1 amide bonds. The first-order valence-corrected chi connectivity index (χ1v) is 12.8. The molecule has 0 aliphatic carbocycles. The van der Waals surface area contributed by atoms with Crippen molar-refractivity contribution in [3.05, 3.63) is 18.2 Å². The Morgan fingerprint density at radius 3 is 2.06 bits per heavy atom. The number of likely N-dealkylation sites (tertiary alicyclic amines) is 1. The Kier molecular flexibility index (Phi) is 8.22. The van der Waals surface area contributed by atoms with Crippen LogP contribution < -0.4 is 9.47 Å². The third kappa shape index (κ3) is 5.92. The Balaban J connectivity index is 1.47. The molecule has 1 aromatic rings. The molecule has 0 radical (unpaired) electrons. The summed E-state index contributed by atoms with van der Waals surface area (Å²) in [4.78, 5) is 13.6. The highest BCUT2D eigenvalue weighted by molar-refractivity contribution is 7.89. The van der Waals surface area contributed by atoms with Crippen LogP contribution in [-0.4, -0.2) is 63.9 Å². The van der Waals surface area contributed by atoms with E-state index >= 15 is 0 Å². The van der Waals surface area contributed by atoms with E-state index in [1.165, 1.54) is 33.1 Å². The number of nitrogens with zero attached hydrogens (tertiary/aromatic N) is 2. The molecule has 3 rings (SSSR count). The monoisotopic (exact) mass is 452 g/mol. The number of hydrogen-bond acceptors (Lipinski definition) is 5. The first-order valence-electron chi connectivity index (χ1n) is 11.3. The first-order chi connectivity index (χ1) is 14.8. The standard InChI is InChI=1S/C23H36N2O5S/c1-18(26)24-13-9-19(10-14-24)5-4-6-20-11-15-25(16-12-20)31(27,28)23-17-21(29-2)7-8-22(23)30-3/h7-8,17,19-20H,4-6,9-16H2,1-3H3. The summed E-state index contributed by atoms with van der Waals surface area (Å²) in [5.74, 6) is 2.33. The lowest BCUT2D eigenvalue weighted by molar-refractivity contribution is -0.130. The lowest BCUT2D eigenvalue weighted by Gasteiger charge is -2.33. The van der Waals surface area contributed by atoms with E-state index in [-0.39, 0.29) is 10.8 Å². The predicted octanol–water partition coefficient (Wildman–Crippen LogP) is 3.53. The number of rotatable bonds is 8. The zero-order chi connectivity index (χ0) is 22.4. The van der Waals surface area contributed by atoms with Gasteiger partial charge in [-0.1, -0.05) is 19.3 Å². The van der Waals surface area contributed by atoms with E-state index in [0.29, 0.717) is 30.5 Å². The maximum absolute atomic E-state index is 13.2. The van der Waals surface area contributed by atoms with Crippen LogP contribution in [-0.2, 0) is 14.8 Å². The minimum atomic E-state index is -3.61. The lowest BCUT2D eigenvalue weighted by Crippen LogP contribution is -2.38. The molecule has 7 nitrogen and oxygen atoms in total. The van der Waals surface area contributed by atoms with Gasteiger partial charge in [-0.2, -0.15) is 4.31 Å². The molecule has 0 spiro atoms. The fraction of sp³-hybridized carbons (Fsp3) is 0.696. The van der Waals surface area contributed by atoms with Gasteiger partial charge in [-0.25, -0.2) is 8.42 Å². The number of ether oxygens (including phenoxy) is 2. The minimum absolute atomic E-state index is 0.171. The molecule has 2 aliphatic rings. The van der Waals surface area contributed by atoms with Gasteiger partial charge in [0.25, 0.3) is 0 Å². The van der Waals surface area contributed by atoms with Gasteiger partial charge in [0, 0.05) is 39.2 Å². The van der Waals surface area contributed by atoms with Crippen LogP contribution >= 0.6 is 0 Å². The maximum Gasteiger partial charge on any atom is 0.246 e. The first kappa shape index (κ1) is 23.9. The Labute approximate surface area is 186 Å². The van der Waals surface area contributed by atoms with Gasteiger partial charge in [-0.05, 0) is 49.7 Å². The van der Waals surface area contributed by atoms with Gasteiger partial charge < -0.3 is 14.4 Å². The van der Waals surface area contributed by atoms with Gasteiger partial charge in [0.15, 0.2) is 0 Å². The van der Waals surface area contributed by atoms with Gasteiger partial charge in [0.2, 0.25) is 15.9 Å². The van der Waals surface area contributed by atoms with Crippen LogP contribution in [0.4, 0.5) is 0 Å². The summed E-state index contributed by atoms with van der Waals surface area (Å²) >= 11 is 0. The minimum Gasteiger partial charge on any atom is -0.497 e. The maximum atomic E-state index is 13.2. The molecule has 2 aliphatic heterocycles. The SMILES string of the molecule is COc1ccc(OC)c(S(=O)(=O)N2CCC(CCCC3CCN(C(C)=O)CC3)CC2)c1. The highest BCUT2D eigenvalue weighted by atomic mass is 32.2. The number of carbonyl (C=O) groups excluding carboxylic acids is 1. The summed E-state index contributed by atoms with van der Waals surface area (Å²) in [5.41, 5.74) is 0. The van der Waals surface area contributed by atoms with Crippen molar-refractivity contribution < 1.29 is 22.7 Å². The number of benzene rings is 1. The average molecular weight is 453 g/mol. The third-order valence-corrected chi connectivity index (χ3v) is 8.77. The third-order valence-electron chi connectivity index (χ3n) is 6.85. The summed E-state index contributed by atoms with van der Waals surface area (Å²) in [7, 11) is -0.607. The van der Waals surface area contributed by atoms with Crippen LogP contribution in [0.1, 0.15) is 51.9 Å². The Bertz CT molecular complexity index is 842. The molecule has 0 atom stereocenters. The van der Waals surface area contributed by atoms with Gasteiger partial charge in [0.1, 0.15) is 16.4 Å². The van der Waals surface area contributed by atoms with Gasteiger partial charge in [-0.3, -0.25) is 4.79 Å². The number of methoxy groups -OCH3 is 2. The number of amides is 1. The topological polar surface area (TPSA) is 76.2 Å². The van der Waals surface area contributed by atoms with Crippen LogP contribution in [0, 0.1) is 11.8 Å². The molecule has 0 unspecified atom stereocenters. The van der Waals surface area contributed by atoms with Crippen molar-refractivity contribution in [1.82, 2.24) is 9.21 Å². The summed E-state index contributed by atoms with van der Waals surface area (Å²) in [5, 5.41) is 0. The molecular formula is C23H36N2O5S. The smallest absolute Gasteiger partial charge is 0.246 e. The van der Waals surface area contributed by atoms with Crippen LogP contribution in [0.3, 0.4) is 0 Å². The second kappa shape index (κ2) is 10.7. The molecule has 0 saturated carbocycles. The molecule has 0 bridgehead atoms. The Morgan fingerprint density at radius 1 is 0.968 bits per heavy atom. The van der Waals surface area contributed by atoms with Crippen molar-refractivity contribution >= 4 is 15.9 Å². The molecule has 0 aromatic heterocycles. The van der Waals surface area contributed by atoms with Crippen molar-refractivity contribution in [2.45, 2.75) is 56.8 Å². The predicted molar refractivity (Wildman–Crippen MR) is 120 cm³/mol. The molecule has 2 heterocycles. The van der Waals surface area contributed by atoms with Crippen molar-refractivity contribution in [2.75, 3.05) is 40.4 Å². The van der Waals surface area contributed by atoms with E-state index in [1.54, 1.807) is 23.4 Å². The largest absolute Gasteiger partial charge is 0.497 e. The van der Waals surface area contributed by atoms with Crippen LogP contribution in [0.15, 0.2) is 23.1 Å². The number of piperidine rings is 2. The summed E-state index contributed by atoms with van der Waals surface area (Å²) < 4.78 is 38.5.